The first-order chi connectivity index (χ1) is 11.7. The van der Waals surface area contributed by atoms with Crippen molar-refractivity contribution in [2.75, 3.05) is 46.8 Å². The molecule has 0 heterocycles. The first-order valence-corrected chi connectivity index (χ1v) is 8.18. The lowest BCUT2D eigenvalue weighted by atomic mass is 10.1. The Hall–Kier alpha value is -1.99. The highest BCUT2D eigenvalue weighted by molar-refractivity contribution is 5.73. The van der Waals surface area contributed by atoms with Crippen LogP contribution in [0.2, 0.25) is 0 Å². The summed E-state index contributed by atoms with van der Waals surface area (Å²) in [5.41, 5.74) is 1.07. The van der Waals surface area contributed by atoms with Gasteiger partial charge in [-0.05, 0) is 38.0 Å². The maximum atomic E-state index is 11.6. The standard InChI is InChI=1S/C17H28N2O5/c1-4-23-15-7-6-14(12-16(15)24-5-2)8-9-18-17(20)19-13-22-11-10-21-3/h6-7,12H,4-5,8-11,13H2,1-3H3,(H2,18,19,20). The van der Waals surface area contributed by atoms with Gasteiger partial charge in [-0.1, -0.05) is 6.07 Å². The fourth-order valence-electron chi connectivity index (χ4n) is 1.96. The van der Waals surface area contributed by atoms with Crippen LogP contribution in [-0.4, -0.2) is 52.8 Å². The highest BCUT2D eigenvalue weighted by Gasteiger charge is 2.06. The number of methoxy groups -OCH3 is 1. The Kier molecular flexibility index (Phi) is 10.4. The third kappa shape index (κ3) is 8.03. The van der Waals surface area contributed by atoms with Gasteiger partial charge in [-0.15, -0.1) is 0 Å². The van der Waals surface area contributed by atoms with E-state index >= 15 is 0 Å². The molecule has 0 saturated carbocycles. The maximum Gasteiger partial charge on any atom is 0.316 e. The topological polar surface area (TPSA) is 78.1 Å². The summed E-state index contributed by atoms with van der Waals surface area (Å²) in [4.78, 5) is 11.6. The van der Waals surface area contributed by atoms with Crippen molar-refractivity contribution in [2.24, 2.45) is 0 Å². The van der Waals surface area contributed by atoms with Crippen LogP contribution in [0.1, 0.15) is 19.4 Å². The molecule has 0 radical (unpaired) electrons. The van der Waals surface area contributed by atoms with Crippen molar-refractivity contribution in [3.63, 3.8) is 0 Å². The van der Waals surface area contributed by atoms with Crippen LogP contribution in [0.4, 0.5) is 4.79 Å². The zero-order valence-corrected chi connectivity index (χ0v) is 14.7. The summed E-state index contributed by atoms with van der Waals surface area (Å²) in [6.07, 6.45) is 0.699. The number of ether oxygens (including phenoxy) is 4. The van der Waals surface area contributed by atoms with E-state index in [0.29, 0.717) is 39.4 Å². The summed E-state index contributed by atoms with van der Waals surface area (Å²) >= 11 is 0. The monoisotopic (exact) mass is 340 g/mol. The first kappa shape index (κ1) is 20.1. The Morgan fingerprint density at radius 2 is 1.79 bits per heavy atom. The van der Waals surface area contributed by atoms with Crippen molar-refractivity contribution in [2.45, 2.75) is 20.3 Å². The number of amides is 2. The van der Waals surface area contributed by atoms with E-state index < -0.39 is 0 Å². The Morgan fingerprint density at radius 1 is 1.04 bits per heavy atom. The summed E-state index contributed by atoms with van der Waals surface area (Å²) in [7, 11) is 1.60. The number of benzene rings is 1. The van der Waals surface area contributed by atoms with Gasteiger partial charge in [0.05, 0.1) is 26.4 Å². The lowest BCUT2D eigenvalue weighted by Crippen LogP contribution is -2.38. The minimum atomic E-state index is -0.261. The normalized spacial score (nSPS) is 10.3. The van der Waals surface area contributed by atoms with Crippen molar-refractivity contribution in [3.8, 4) is 11.5 Å². The maximum absolute atomic E-state index is 11.6. The largest absolute Gasteiger partial charge is 0.490 e. The van der Waals surface area contributed by atoms with Crippen molar-refractivity contribution in [3.05, 3.63) is 23.8 Å². The molecule has 1 aromatic rings. The predicted molar refractivity (Wildman–Crippen MR) is 91.7 cm³/mol. The SMILES string of the molecule is CCOc1ccc(CCNC(=O)NCOCCOC)cc1OCC. The molecule has 1 aromatic carbocycles. The summed E-state index contributed by atoms with van der Waals surface area (Å²) < 4.78 is 21.1. The average Bonchev–Trinajstić information content (AvgIpc) is 2.57. The van der Waals surface area contributed by atoms with Gasteiger partial charge < -0.3 is 29.6 Å². The molecule has 1 rings (SSSR count). The molecular weight excluding hydrogens is 312 g/mol. The number of hydrogen-bond donors (Lipinski definition) is 2. The Bertz CT molecular complexity index is 482. The minimum absolute atomic E-state index is 0.159. The van der Waals surface area contributed by atoms with Crippen LogP contribution in [0.25, 0.3) is 0 Å². The van der Waals surface area contributed by atoms with Crippen molar-refractivity contribution >= 4 is 6.03 Å². The molecule has 0 fully saturated rings. The number of hydrogen-bond acceptors (Lipinski definition) is 5. The highest BCUT2D eigenvalue weighted by Crippen LogP contribution is 2.28. The van der Waals surface area contributed by atoms with Crippen molar-refractivity contribution < 1.29 is 23.7 Å². The zero-order valence-electron chi connectivity index (χ0n) is 14.7. The molecule has 0 aromatic heterocycles. The Balaban J connectivity index is 2.33. The molecule has 0 unspecified atom stereocenters. The molecule has 7 heteroatoms. The highest BCUT2D eigenvalue weighted by atomic mass is 16.5. The fourth-order valence-corrected chi connectivity index (χ4v) is 1.96. The molecule has 136 valence electrons. The molecule has 2 N–H and O–H groups in total. The van der Waals surface area contributed by atoms with Crippen LogP contribution in [0.15, 0.2) is 18.2 Å². The van der Waals surface area contributed by atoms with E-state index in [1.807, 2.05) is 32.0 Å². The second-order valence-corrected chi connectivity index (χ2v) is 4.88. The van der Waals surface area contributed by atoms with Gasteiger partial charge in [0.1, 0.15) is 6.73 Å². The quantitative estimate of drug-likeness (QED) is 0.449. The van der Waals surface area contributed by atoms with Crippen LogP contribution in [0, 0.1) is 0 Å². The lowest BCUT2D eigenvalue weighted by Gasteiger charge is -2.13. The van der Waals surface area contributed by atoms with E-state index in [1.165, 1.54) is 0 Å². The van der Waals surface area contributed by atoms with E-state index in [1.54, 1.807) is 7.11 Å². The average molecular weight is 340 g/mol. The first-order valence-electron chi connectivity index (χ1n) is 8.18. The van der Waals surface area contributed by atoms with Gasteiger partial charge in [0.15, 0.2) is 11.5 Å². The van der Waals surface area contributed by atoms with E-state index in [4.69, 9.17) is 18.9 Å². The molecule has 0 aliphatic heterocycles. The summed E-state index contributed by atoms with van der Waals surface area (Å²) in [6.45, 7) is 6.66. The summed E-state index contributed by atoms with van der Waals surface area (Å²) in [5.74, 6) is 1.47. The van der Waals surface area contributed by atoms with E-state index in [2.05, 4.69) is 10.6 Å². The van der Waals surface area contributed by atoms with Crippen molar-refractivity contribution in [1.82, 2.24) is 10.6 Å². The van der Waals surface area contributed by atoms with Gasteiger partial charge >= 0.3 is 6.03 Å². The smallest absolute Gasteiger partial charge is 0.316 e. The number of rotatable bonds is 12. The van der Waals surface area contributed by atoms with E-state index in [-0.39, 0.29) is 12.8 Å². The molecule has 7 nitrogen and oxygen atoms in total. The molecule has 0 saturated heterocycles. The van der Waals surface area contributed by atoms with Crippen LogP contribution >= 0.6 is 0 Å². The molecule has 0 aliphatic carbocycles. The van der Waals surface area contributed by atoms with Gasteiger partial charge in [0.2, 0.25) is 0 Å². The van der Waals surface area contributed by atoms with E-state index in [0.717, 1.165) is 17.1 Å². The van der Waals surface area contributed by atoms with Crippen molar-refractivity contribution in [1.29, 1.82) is 0 Å². The molecule has 0 spiro atoms. The van der Waals surface area contributed by atoms with Gasteiger partial charge in [0.25, 0.3) is 0 Å². The number of carbonyl (C=O) groups is 1. The second-order valence-electron chi connectivity index (χ2n) is 4.88. The molecule has 24 heavy (non-hydrogen) atoms. The number of nitrogens with one attached hydrogen (secondary N) is 2. The van der Waals surface area contributed by atoms with Gasteiger partial charge in [-0.3, -0.25) is 0 Å². The molecular formula is C17H28N2O5. The van der Waals surface area contributed by atoms with Crippen LogP contribution in [0.5, 0.6) is 11.5 Å². The predicted octanol–water partition coefficient (Wildman–Crippen LogP) is 1.95. The molecule has 0 aliphatic rings. The van der Waals surface area contributed by atoms with Crippen LogP contribution < -0.4 is 20.1 Å². The van der Waals surface area contributed by atoms with E-state index in [9.17, 15) is 4.79 Å². The minimum Gasteiger partial charge on any atom is -0.490 e. The summed E-state index contributed by atoms with van der Waals surface area (Å²) in [5, 5.41) is 5.39. The van der Waals surface area contributed by atoms with Gasteiger partial charge in [0, 0.05) is 13.7 Å². The zero-order chi connectivity index (χ0) is 17.6. The van der Waals surface area contributed by atoms with Gasteiger partial charge in [-0.2, -0.15) is 0 Å². The van der Waals surface area contributed by atoms with Crippen LogP contribution in [0.3, 0.4) is 0 Å². The van der Waals surface area contributed by atoms with Crippen LogP contribution in [-0.2, 0) is 15.9 Å². The Morgan fingerprint density at radius 3 is 2.50 bits per heavy atom. The third-order valence-corrected chi connectivity index (χ3v) is 3.07. The van der Waals surface area contributed by atoms with Gasteiger partial charge in [-0.25, -0.2) is 4.79 Å². The lowest BCUT2D eigenvalue weighted by molar-refractivity contribution is 0.0643. The second kappa shape index (κ2) is 12.4. The molecule has 2 amide bonds. The Labute approximate surface area is 143 Å². The molecule has 0 atom stereocenters. The fraction of sp³-hybridized carbons (Fsp3) is 0.588. The molecule has 0 bridgehead atoms. The number of carbonyl (C=O) groups excluding carboxylic acids is 1. The third-order valence-electron chi connectivity index (χ3n) is 3.07. The number of urea groups is 1. The summed E-state index contributed by atoms with van der Waals surface area (Å²) in [6, 6.07) is 5.56.